The average Bonchev–Trinajstić information content (AvgIpc) is 2.80. The molecule has 2 aromatic carbocycles. The molecule has 1 unspecified atom stereocenters. The molecule has 0 spiro atoms. The lowest BCUT2D eigenvalue weighted by atomic mass is 10.1. The maximum absolute atomic E-state index is 12.5. The van der Waals surface area contributed by atoms with Crippen molar-refractivity contribution in [2.75, 3.05) is 19.7 Å². The molecule has 0 saturated carbocycles. The molecule has 0 fully saturated rings. The molecule has 10 nitrogen and oxygen atoms in total. The van der Waals surface area contributed by atoms with E-state index in [0.29, 0.717) is 30.0 Å². The smallest absolute Gasteiger partial charge is 0.335 e. The standard InChI is InChI=1S/C14H16N2O5S.C6H5NO2/c1-2-21-14(17)11-4-3-9-15(10-11)22(20)13-7-5-12(6-8-13)16(18)19;8-7(9)6-4-2-1-3-5-6/h4-8H,2-3,9-10H2,1H3;1-5H. The van der Waals surface area contributed by atoms with Gasteiger partial charge in [0.1, 0.15) is 11.0 Å². The Morgan fingerprint density at radius 1 is 1.03 bits per heavy atom. The second-order valence-corrected chi connectivity index (χ2v) is 7.68. The second kappa shape index (κ2) is 11.7. The number of carbonyl (C=O) groups excluding carboxylic acids is 1. The van der Waals surface area contributed by atoms with Gasteiger partial charge < -0.3 is 4.74 Å². The van der Waals surface area contributed by atoms with Crippen LogP contribution in [0.1, 0.15) is 13.3 Å². The van der Waals surface area contributed by atoms with Crippen LogP contribution in [0.2, 0.25) is 0 Å². The van der Waals surface area contributed by atoms with E-state index in [1.165, 1.54) is 36.4 Å². The van der Waals surface area contributed by atoms with E-state index in [1.54, 1.807) is 35.5 Å². The number of ether oxygens (including phenoxy) is 1. The number of benzene rings is 2. The zero-order valence-corrected chi connectivity index (χ0v) is 17.5. The summed E-state index contributed by atoms with van der Waals surface area (Å²) in [7, 11) is -1.47. The zero-order valence-electron chi connectivity index (χ0n) is 16.7. The fraction of sp³-hybridized carbons (Fsp3) is 0.250. The minimum atomic E-state index is -1.47. The van der Waals surface area contributed by atoms with Gasteiger partial charge in [-0.3, -0.25) is 20.2 Å². The van der Waals surface area contributed by atoms with Crippen molar-refractivity contribution in [3.63, 3.8) is 0 Å². The summed E-state index contributed by atoms with van der Waals surface area (Å²) in [6, 6.07) is 13.5. The Balaban J connectivity index is 0.000000316. The normalized spacial score (nSPS) is 14.4. The monoisotopic (exact) mass is 447 g/mol. The second-order valence-electron chi connectivity index (χ2n) is 6.19. The van der Waals surface area contributed by atoms with Crippen LogP contribution in [-0.2, 0) is 20.5 Å². The van der Waals surface area contributed by atoms with Gasteiger partial charge in [0, 0.05) is 42.9 Å². The first kappa shape index (κ1) is 23.8. The number of esters is 1. The van der Waals surface area contributed by atoms with Crippen LogP contribution >= 0.6 is 0 Å². The van der Waals surface area contributed by atoms with Gasteiger partial charge in [0.15, 0.2) is 0 Å². The Hall–Kier alpha value is -3.44. The number of hydrogen-bond donors (Lipinski definition) is 0. The molecule has 2 aromatic rings. The molecule has 0 N–H and O–H groups in total. The van der Waals surface area contributed by atoms with Gasteiger partial charge in [0.05, 0.1) is 21.3 Å². The van der Waals surface area contributed by atoms with Crippen molar-refractivity contribution in [2.24, 2.45) is 0 Å². The largest absolute Gasteiger partial charge is 0.463 e. The maximum atomic E-state index is 12.5. The minimum Gasteiger partial charge on any atom is -0.463 e. The molecule has 0 amide bonds. The highest BCUT2D eigenvalue weighted by Gasteiger charge is 2.24. The number of rotatable bonds is 6. The first-order valence-corrected chi connectivity index (χ1v) is 10.4. The predicted octanol–water partition coefficient (Wildman–Crippen LogP) is 3.41. The van der Waals surface area contributed by atoms with Crippen molar-refractivity contribution >= 4 is 28.3 Å². The summed E-state index contributed by atoms with van der Waals surface area (Å²) in [5, 5.41) is 20.6. The quantitative estimate of drug-likeness (QED) is 0.376. The molecule has 0 saturated heterocycles. The molecule has 0 bridgehead atoms. The van der Waals surface area contributed by atoms with Gasteiger partial charge in [0.25, 0.3) is 11.4 Å². The van der Waals surface area contributed by atoms with Crippen LogP contribution in [0, 0.1) is 20.2 Å². The molecular formula is C20H21N3O7S. The SMILES string of the molecule is CCOC(=O)C1=CCCN(S(=O)c2ccc([N+](=O)[O-])cc2)C1.O=[N+]([O-])c1ccccc1. The summed E-state index contributed by atoms with van der Waals surface area (Å²) in [4.78, 5) is 31.9. The van der Waals surface area contributed by atoms with E-state index < -0.39 is 26.8 Å². The van der Waals surface area contributed by atoms with Gasteiger partial charge >= 0.3 is 5.97 Å². The van der Waals surface area contributed by atoms with Crippen molar-refractivity contribution in [1.29, 1.82) is 0 Å². The summed E-state index contributed by atoms with van der Waals surface area (Å²) < 4.78 is 19.1. The van der Waals surface area contributed by atoms with Crippen LogP contribution < -0.4 is 0 Å². The van der Waals surface area contributed by atoms with E-state index in [0.717, 1.165) is 0 Å². The van der Waals surface area contributed by atoms with Crippen LogP contribution in [-0.4, -0.2) is 44.0 Å². The Morgan fingerprint density at radius 3 is 2.13 bits per heavy atom. The van der Waals surface area contributed by atoms with Crippen LogP contribution in [0.5, 0.6) is 0 Å². The zero-order chi connectivity index (χ0) is 22.8. The molecular weight excluding hydrogens is 426 g/mol. The molecule has 31 heavy (non-hydrogen) atoms. The summed E-state index contributed by atoms with van der Waals surface area (Å²) in [5.41, 5.74) is 0.576. The van der Waals surface area contributed by atoms with Crippen LogP contribution in [0.25, 0.3) is 0 Å². The van der Waals surface area contributed by atoms with E-state index in [9.17, 15) is 29.2 Å². The molecule has 1 aliphatic heterocycles. The number of carbonyl (C=O) groups is 1. The van der Waals surface area contributed by atoms with E-state index in [1.807, 2.05) is 0 Å². The van der Waals surface area contributed by atoms with Crippen molar-refractivity contribution in [3.05, 3.63) is 86.5 Å². The fourth-order valence-electron chi connectivity index (χ4n) is 2.61. The molecule has 164 valence electrons. The van der Waals surface area contributed by atoms with E-state index >= 15 is 0 Å². The molecule has 0 radical (unpaired) electrons. The van der Waals surface area contributed by atoms with E-state index in [4.69, 9.17) is 4.74 Å². The fourth-order valence-corrected chi connectivity index (χ4v) is 3.81. The van der Waals surface area contributed by atoms with Gasteiger partial charge in [-0.25, -0.2) is 13.3 Å². The molecule has 1 atom stereocenters. The highest BCUT2D eigenvalue weighted by Crippen LogP contribution is 2.20. The van der Waals surface area contributed by atoms with Crippen molar-refractivity contribution in [1.82, 2.24) is 4.31 Å². The topological polar surface area (TPSA) is 133 Å². The first-order valence-electron chi connectivity index (χ1n) is 9.30. The number of non-ortho nitro benzene ring substituents is 2. The number of nitrogens with zero attached hydrogens (tertiary/aromatic N) is 3. The van der Waals surface area contributed by atoms with E-state index in [2.05, 4.69) is 0 Å². The van der Waals surface area contributed by atoms with Crippen molar-refractivity contribution in [3.8, 4) is 0 Å². The van der Waals surface area contributed by atoms with Gasteiger partial charge in [0.2, 0.25) is 0 Å². The van der Waals surface area contributed by atoms with Crippen LogP contribution in [0.3, 0.4) is 0 Å². The Labute approximate surface area is 181 Å². The molecule has 3 rings (SSSR count). The third-order valence-corrected chi connectivity index (χ3v) is 5.56. The van der Waals surface area contributed by atoms with Crippen LogP contribution in [0.4, 0.5) is 11.4 Å². The molecule has 0 aromatic heterocycles. The van der Waals surface area contributed by atoms with Crippen LogP contribution in [0.15, 0.2) is 71.1 Å². The number of para-hydroxylation sites is 1. The van der Waals surface area contributed by atoms with Gasteiger partial charge in [-0.1, -0.05) is 24.3 Å². The average molecular weight is 447 g/mol. The first-order chi connectivity index (χ1) is 14.8. The molecule has 1 heterocycles. The third kappa shape index (κ3) is 7.08. The summed E-state index contributed by atoms with van der Waals surface area (Å²) in [5.74, 6) is -0.395. The summed E-state index contributed by atoms with van der Waals surface area (Å²) >= 11 is 0. The number of nitro benzene ring substituents is 2. The number of hydrogen-bond acceptors (Lipinski definition) is 7. The lowest BCUT2D eigenvalue weighted by Crippen LogP contribution is -2.34. The summed E-state index contributed by atoms with van der Waals surface area (Å²) in [6.45, 7) is 2.81. The molecule has 0 aliphatic carbocycles. The third-order valence-electron chi connectivity index (χ3n) is 4.10. The Kier molecular flexibility index (Phi) is 8.97. The van der Waals surface area contributed by atoms with Gasteiger partial charge in [-0.2, -0.15) is 0 Å². The Bertz CT molecular complexity index is 978. The van der Waals surface area contributed by atoms with Gasteiger partial charge in [-0.05, 0) is 25.5 Å². The Morgan fingerprint density at radius 2 is 1.61 bits per heavy atom. The van der Waals surface area contributed by atoms with E-state index in [-0.39, 0.29) is 17.9 Å². The minimum absolute atomic E-state index is 0.0495. The van der Waals surface area contributed by atoms with Crippen molar-refractivity contribution < 1.29 is 23.6 Å². The highest BCUT2D eigenvalue weighted by molar-refractivity contribution is 7.82. The predicted molar refractivity (Wildman–Crippen MR) is 114 cm³/mol. The lowest BCUT2D eigenvalue weighted by molar-refractivity contribution is -0.385. The highest BCUT2D eigenvalue weighted by atomic mass is 32.2. The van der Waals surface area contributed by atoms with Crippen molar-refractivity contribution in [2.45, 2.75) is 18.2 Å². The maximum Gasteiger partial charge on any atom is 0.335 e. The van der Waals surface area contributed by atoms with Gasteiger partial charge in [-0.15, -0.1) is 0 Å². The molecule has 1 aliphatic rings. The lowest BCUT2D eigenvalue weighted by Gasteiger charge is -2.25. The number of nitro groups is 2. The summed E-state index contributed by atoms with van der Waals surface area (Å²) in [6.07, 6.45) is 2.40. The molecule has 11 heteroatoms.